The Labute approximate surface area is 112 Å². The molecular formula is C15H17NO3. The molecule has 0 heterocycles. The maximum atomic E-state index is 10.6. The summed E-state index contributed by atoms with van der Waals surface area (Å²) in [5.74, 6) is 0.647. The van der Waals surface area contributed by atoms with Gasteiger partial charge in [-0.2, -0.15) is 0 Å². The quantitative estimate of drug-likeness (QED) is 0.641. The van der Waals surface area contributed by atoms with E-state index in [-0.39, 0.29) is 5.91 Å². The topological polar surface area (TPSA) is 47.6 Å². The fourth-order valence-corrected chi connectivity index (χ4v) is 1.73. The molecule has 0 aliphatic heterocycles. The van der Waals surface area contributed by atoms with E-state index in [1.807, 2.05) is 30.3 Å². The molecule has 2 aromatic rings. The number of rotatable bonds is 6. The third-order valence-electron chi connectivity index (χ3n) is 2.60. The molecule has 19 heavy (non-hydrogen) atoms. The van der Waals surface area contributed by atoms with Crippen molar-refractivity contribution in [2.45, 2.75) is 13.3 Å². The molecular weight excluding hydrogens is 242 g/mol. The van der Waals surface area contributed by atoms with Crippen LogP contribution in [0.4, 0.5) is 0 Å². The Morgan fingerprint density at radius 1 is 1.11 bits per heavy atom. The van der Waals surface area contributed by atoms with Crippen molar-refractivity contribution < 1.29 is 14.4 Å². The van der Waals surface area contributed by atoms with Crippen molar-refractivity contribution in [2.75, 3.05) is 13.2 Å². The first-order chi connectivity index (χ1) is 9.25. The number of benzene rings is 2. The molecule has 4 nitrogen and oxygen atoms in total. The van der Waals surface area contributed by atoms with Gasteiger partial charge in [0.05, 0.1) is 13.2 Å². The van der Waals surface area contributed by atoms with Gasteiger partial charge in [-0.25, -0.2) is 5.48 Å². The zero-order valence-corrected chi connectivity index (χ0v) is 10.9. The first kappa shape index (κ1) is 13.4. The molecule has 0 fully saturated rings. The summed E-state index contributed by atoms with van der Waals surface area (Å²) in [6, 6.07) is 14.2. The molecule has 0 unspecified atom stereocenters. The molecule has 0 bridgehead atoms. The van der Waals surface area contributed by atoms with E-state index in [1.165, 1.54) is 12.3 Å². The van der Waals surface area contributed by atoms with Crippen molar-refractivity contribution in [3.8, 4) is 5.75 Å². The zero-order valence-electron chi connectivity index (χ0n) is 10.9. The molecule has 0 spiro atoms. The van der Waals surface area contributed by atoms with E-state index in [0.29, 0.717) is 19.6 Å². The van der Waals surface area contributed by atoms with Crippen LogP contribution in [0.5, 0.6) is 5.75 Å². The van der Waals surface area contributed by atoms with Crippen molar-refractivity contribution in [1.29, 1.82) is 0 Å². The van der Waals surface area contributed by atoms with Gasteiger partial charge in [-0.3, -0.25) is 9.63 Å². The molecule has 1 amide bonds. The lowest BCUT2D eigenvalue weighted by Gasteiger charge is -2.07. The van der Waals surface area contributed by atoms with Crippen LogP contribution < -0.4 is 10.2 Å². The third-order valence-corrected chi connectivity index (χ3v) is 2.60. The monoisotopic (exact) mass is 259 g/mol. The van der Waals surface area contributed by atoms with Gasteiger partial charge < -0.3 is 4.74 Å². The molecule has 0 aromatic heterocycles. The Hall–Kier alpha value is -2.07. The first-order valence-electron chi connectivity index (χ1n) is 6.26. The van der Waals surface area contributed by atoms with E-state index < -0.39 is 0 Å². The van der Waals surface area contributed by atoms with Crippen LogP contribution in [-0.4, -0.2) is 19.1 Å². The van der Waals surface area contributed by atoms with Gasteiger partial charge >= 0.3 is 0 Å². The Morgan fingerprint density at radius 2 is 1.89 bits per heavy atom. The van der Waals surface area contributed by atoms with Gasteiger partial charge in [0.1, 0.15) is 5.75 Å². The van der Waals surface area contributed by atoms with E-state index in [1.54, 1.807) is 0 Å². The Morgan fingerprint density at radius 3 is 2.68 bits per heavy atom. The molecule has 1 N–H and O–H groups in total. The number of hydroxylamine groups is 1. The minimum absolute atomic E-state index is 0.199. The minimum atomic E-state index is -0.199. The van der Waals surface area contributed by atoms with Crippen LogP contribution in [0.15, 0.2) is 42.5 Å². The summed E-state index contributed by atoms with van der Waals surface area (Å²) in [6.07, 6.45) is 0.715. The Balaban J connectivity index is 1.77. The molecule has 0 saturated heterocycles. The highest BCUT2D eigenvalue weighted by Gasteiger charge is 1.97. The van der Waals surface area contributed by atoms with E-state index in [2.05, 4.69) is 17.6 Å². The van der Waals surface area contributed by atoms with Crippen LogP contribution >= 0.6 is 0 Å². The van der Waals surface area contributed by atoms with E-state index in [9.17, 15) is 4.79 Å². The lowest BCUT2D eigenvalue weighted by molar-refractivity contribution is -0.131. The largest absolute Gasteiger partial charge is 0.493 e. The number of hydrogen-bond acceptors (Lipinski definition) is 3. The summed E-state index contributed by atoms with van der Waals surface area (Å²) in [5, 5.41) is 2.36. The van der Waals surface area contributed by atoms with Crippen molar-refractivity contribution in [1.82, 2.24) is 5.48 Å². The minimum Gasteiger partial charge on any atom is -0.493 e. The lowest BCUT2D eigenvalue weighted by Crippen LogP contribution is -2.21. The summed E-state index contributed by atoms with van der Waals surface area (Å²) in [6.45, 7) is 2.40. The fraction of sp³-hybridized carbons (Fsp3) is 0.267. The van der Waals surface area contributed by atoms with Crippen LogP contribution in [0.3, 0.4) is 0 Å². The van der Waals surface area contributed by atoms with Gasteiger partial charge in [0.25, 0.3) is 0 Å². The van der Waals surface area contributed by atoms with Crippen molar-refractivity contribution in [3.05, 3.63) is 42.5 Å². The normalized spacial score (nSPS) is 10.4. The van der Waals surface area contributed by atoms with E-state index in [0.717, 1.165) is 11.1 Å². The Kier molecular flexibility index (Phi) is 4.75. The van der Waals surface area contributed by atoms with Crippen molar-refractivity contribution in [2.24, 2.45) is 0 Å². The average Bonchev–Trinajstić information content (AvgIpc) is 2.42. The summed E-state index contributed by atoms with van der Waals surface area (Å²) in [4.78, 5) is 15.5. The third kappa shape index (κ3) is 4.26. The molecule has 0 atom stereocenters. The SMILES string of the molecule is CC(=O)NOCCCOc1ccc2ccccc2c1. The maximum Gasteiger partial charge on any atom is 0.240 e. The predicted molar refractivity (Wildman–Crippen MR) is 73.8 cm³/mol. The van der Waals surface area contributed by atoms with E-state index in [4.69, 9.17) is 9.57 Å². The van der Waals surface area contributed by atoms with Crippen molar-refractivity contribution in [3.63, 3.8) is 0 Å². The molecule has 0 aliphatic carbocycles. The number of carbonyl (C=O) groups excluding carboxylic acids is 1. The van der Waals surface area contributed by atoms with Gasteiger partial charge in [0.2, 0.25) is 5.91 Å². The molecule has 100 valence electrons. The zero-order chi connectivity index (χ0) is 13.5. The summed E-state index contributed by atoms with van der Waals surface area (Å²) < 4.78 is 5.63. The number of carbonyl (C=O) groups is 1. The van der Waals surface area contributed by atoms with Crippen LogP contribution in [0, 0.1) is 0 Å². The van der Waals surface area contributed by atoms with Gasteiger partial charge in [-0.15, -0.1) is 0 Å². The molecule has 2 aromatic carbocycles. The summed E-state index contributed by atoms with van der Waals surface area (Å²) in [7, 11) is 0. The van der Waals surface area contributed by atoms with Gasteiger partial charge in [0, 0.05) is 13.3 Å². The van der Waals surface area contributed by atoms with Gasteiger partial charge in [0.15, 0.2) is 0 Å². The predicted octanol–water partition coefficient (Wildman–Crippen LogP) is 2.68. The smallest absolute Gasteiger partial charge is 0.240 e. The molecule has 0 aliphatic rings. The van der Waals surface area contributed by atoms with Crippen LogP contribution in [-0.2, 0) is 9.63 Å². The molecule has 4 heteroatoms. The Bertz CT molecular complexity index is 554. The van der Waals surface area contributed by atoms with E-state index >= 15 is 0 Å². The molecule has 0 saturated carbocycles. The summed E-state index contributed by atoms with van der Waals surface area (Å²) in [5.41, 5.74) is 2.27. The van der Waals surface area contributed by atoms with Crippen molar-refractivity contribution >= 4 is 16.7 Å². The maximum absolute atomic E-state index is 10.6. The lowest BCUT2D eigenvalue weighted by atomic mass is 10.1. The molecule has 0 radical (unpaired) electrons. The number of fused-ring (bicyclic) bond motifs is 1. The van der Waals surface area contributed by atoms with Crippen LogP contribution in [0.2, 0.25) is 0 Å². The summed E-state index contributed by atoms with van der Waals surface area (Å²) >= 11 is 0. The second-order valence-corrected chi connectivity index (χ2v) is 4.22. The molecule has 2 rings (SSSR count). The fourth-order valence-electron chi connectivity index (χ4n) is 1.73. The first-order valence-corrected chi connectivity index (χ1v) is 6.26. The average molecular weight is 259 g/mol. The number of hydrogen-bond donors (Lipinski definition) is 1. The highest BCUT2D eigenvalue weighted by atomic mass is 16.6. The second-order valence-electron chi connectivity index (χ2n) is 4.22. The second kappa shape index (κ2) is 6.75. The number of amides is 1. The highest BCUT2D eigenvalue weighted by molar-refractivity contribution is 5.83. The van der Waals surface area contributed by atoms with Crippen LogP contribution in [0.25, 0.3) is 10.8 Å². The highest BCUT2D eigenvalue weighted by Crippen LogP contribution is 2.20. The van der Waals surface area contributed by atoms with Gasteiger partial charge in [-0.05, 0) is 22.9 Å². The van der Waals surface area contributed by atoms with Crippen LogP contribution in [0.1, 0.15) is 13.3 Å². The number of ether oxygens (including phenoxy) is 1. The van der Waals surface area contributed by atoms with Gasteiger partial charge in [-0.1, -0.05) is 30.3 Å². The number of nitrogens with one attached hydrogen (secondary N) is 1. The standard InChI is InChI=1S/C15H17NO3/c1-12(17)16-19-10-4-9-18-15-8-7-13-5-2-3-6-14(13)11-15/h2-3,5-8,11H,4,9-10H2,1H3,(H,16,17).